The maximum Gasteiger partial charge on any atom is 0.0720 e. The van der Waals surface area contributed by atoms with E-state index in [9.17, 15) is 0 Å². The highest BCUT2D eigenvalue weighted by atomic mass is 32.2. The van der Waals surface area contributed by atoms with Crippen LogP contribution in [0.25, 0.3) is 0 Å². The summed E-state index contributed by atoms with van der Waals surface area (Å²) in [4.78, 5) is 0. The molecule has 2 unspecified atom stereocenters. The lowest BCUT2D eigenvalue weighted by Gasteiger charge is -2.29. The molecule has 2 rings (SSSR count). The lowest BCUT2D eigenvalue weighted by atomic mass is 9.99. The molecule has 0 aromatic heterocycles. The molecule has 0 saturated carbocycles. The SMILES string of the molecule is CCC(C)C(CC1SCCCS1)OCc1ccccc1. The van der Waals surface area contributed by atoms with Crippen molar-refractivity contribution >= 4 is 23.5 Å². The molecular weight excluding hydrogens is 284 g/mol. The molecule has 0 bridgehead atoms. The van der Waals surface area contributed by atoms with Crippen molar-refractivity contribution in [3.8, 4) is 0 Å². The third-order valence-corrected chi connectivity index (χ3v) is 6.90. The molecular formula is C17H26OS2. The van der Waals surface area contributed by atoms with E-state index in [4.69, 9.17) is 4.74 Å². The van der Waals surface area contributed by atoms with Crippen LogP contribution in [-0.2, 0) is 11.3 Å². The molecule has 0 radical (unpaired) electrons. The fourth-order valence-electron chi connectivity index (χ4n) is 2.37. The summed E-state index contributed by atoms with van der Waals surface area (Å²) in [5.41, 5.74) is 1.28. The van der Waals surface area contributed by atoms with Gasteiger partial charge in [-0.15, -0.1) is 23.5 Å². The summed E-state index contributed by atoms with van der Waals surface area (Å²) in [6, 6.07) is 10.5. The quantitative estimate of drug-likeness (QED) is 0.684. The second kappa shape index (κ2) is 9.01. The van der Waals surface area contributed by atoms with Gasteiger partial charge in [0.15, 0.2) is 0 Å². The van der Waals surface area contributed by atoms with Gasteiger partial charge in [0, 0.05) is 0 Å². The van der Waals surface area contributed by atoms with Crippen LogP contribution in [0.5, 0.6) is 0 Å². The number of thioether (sulfide) groups is 2. The van der Waals surface area contributed by atoms with Crippen LogP contribution in [-0.4, -0.2) is 22.2 Å². The third kappa shape index (κ3) is 5.34. The number of hydrogen-bond donors (Lipinski definition) is 0. The Morgan fingerprint density at radius 2 is 1.90 bits per heavy atom. The standard InChI is InChI=1S/C17H26OS2/c1-3-14(2)16(12-17-19-10-7-11-20-17)18-13-15-8-5-4-6-9-15/h4-6,8-9,14,16-17H,3,7,10-13H2,1-2H3. The molecule has 1 aliphatic heterocycles. The van der Waals surface area contributed by atoms with Crippen molar-refractivity contribution in [2.45, 2.75) is 50.4 Å². The molecule has 1 aromatic rings. The van der Waals surface area contributed by atoms with Gasteiger partial charge in [-0.05, 0) is 35.8 Å². The zero-order valence-corrected chi connectivity index (χ0v) is 14.2. The van der Waals surface area contributed by atoms with Crippen LogP contribution in [0.1, 0.15) is 38.7 Å². The van der Waals surface area contributed by atoms with Gasteiger partial charge in [-0.25, -0.2) is 0 Å². The van der Waals surface area contributed by atoms with Crippen molar-refractivity contribution in [1.29, 1.82) is 0 Å². The van der Waals surface area contributed by atoms with E-state index in [-0.39, 0.29) is 0 Å². The van der Waals surface area contributed by atoms with Gasteiger partial charge in [0.1, 0.15) is 0 Å². The number of hydrogen-bond acceptors (Lipinski definition) is 3. The molecule has 3 heteroatoms. The van der Waals surface area contributed by atoms with E-state index in [2.05, 4.69) is 67.7 Å². The first-order valence-corrected chi connectivity index (χ1v) is 9.78. The van der Waals surface area contributed by atoms with E-state index in [0.29, 0.717) is 12.0 Å². The fraction of sp³-hybridized carbons (Fsp3) is 0.647. The molecule has 1 heterocycles. The highest BCUT2D eigenvalue weighted by molar-refractivity contribution is 8.17. The fourth-order valence-corrected chi connectivity index (χ4v) is 5.31. The molecule has 1 fully saturated rings. The molecule has 1 aliphatic rings. The molecule has 20 heavy (non-hydrogen) atoms. The van der Waals surface area contributed by atoms with Gasteiger partial charge < -0.3 is 4.74 Å². The predicted molar refractivity (Wildman–Crippen MR) is 92.4 cm³/mol. The van der Waals surface area contributed by atoms with Crippen molar-refractivity contribution in [2.75, 3.05) is 11.5 Å². The molecule has 1 aromatic carbocycles. The largest absolute Gasteiger partial charge is 0.373 e. The van der Waals surface area contributed by atoms with Crippen LogP contribution in [0.3, 0.4) is 0 Å². The van der Waals surface area contributed by atoms with Gasteiger partial charge in [-0.2, -0.15) is 0 Å². The number of ether oxygens (including phenoxy) is 1. The van der Waals surface area contributed by atoms with Crippen LogP contribution in [0, 0.1) is 5.92 Å². The van der Waals surface area contributed by atoms with Crippen molar-refractivity contribution in [3.63, 3.8) is 0 Å². The minimum Gasteiger partial charge on any atom is -0.373 e. The summed E-state index contributed by atoms with van der Waals surface area (Å²) in [7, 11) is 0. The van der Waals surface area contributed by atoms with E-state index in [1.54, 1.807) is 0 Å². The molecule has 0 amide bonds. The third-order valence-electron chi connectivity index (χ3n) is 3.91. The molecule has 0 spiro atoms. The van der Waals surface area contributed by atoms with E-state index in [0.717, 1.165) is 11.2 Å². The van der Waals surface area contributed by atoms with Gasteiger partial charge in [0.05, 0.1) is 17.3 Å². The number of rotatable bonds is 7. The van der Waals surface area contributed by atoms with Crippen molar-refractivity contribution in [1.82, 2.24) is 0 Å². The van der Waals surface area contributed by atoms with Crippen molar-refractivity contribution < 1.29 is 4.74 Å². The second-order valence-electron chi connectivity index (χ2n) is 5.48. The van der Waals surface area contributed by atoms with Crippen molar-refractivity contribution in [2.24, 2.45) is 5.92 Å². The summed E-state index contributed by atoms with van der Waals surface area (Å²) in [6.45, 7) is 5.34. The van der Waals surface area contributed by atoms with Gasteiger partial charge >= 0.3 is 0 Å². The van der Waals surface area contributed by atoms with Gasteiger partial charge in [-0.1, -0.05) is 50.6 Å². The zero-order valence-electron chi connectivity index (χ0n) is 12.6. The Kier molecular flexibility index (Phi) is 7.32. The lowest BCUT2D eigenvalue weighted by molar-refractivity contribution is 0.00210. The van der Waals surface area contributed by atoms with Crippen LogP contribution in [0.4, 0.5) is 0 Å². The topological polar surface area (TPSA) is 9.23 Å². The van der Waals surface area contributed by atoms with E-state index in [1.165, 1.54) is 36.3 Å². The average Bonchev–Trinajstić information content (AvgIpc) is 2.52. The van der Waals surface area contributed by atoms with Gasteiger partial charge in [0.2, 0.25) is 0 Å². The first kappa shape index (κ1) is 16.3. The molecule has 0 aliphatic carbocycles. The molecule has 2 atom stereocenters. The van der Waals surface area contributed by atoms with Gasteiger partial charge in [0.25, 0.3) is 0 Å². The van der Waals surface area contributed by atoms with E-state index >= 15 is 0 Å². The first-order valence-electron chi connectivity index (χ1n) is 7.68. The molecule has 1 saturated heterocycles. The predicted octanol–water partition coefficient (Wildman–Crippen LogP) is 5.20. The number of benzene rings is 1. The van der Waals surface area contributed by atoms with Crippen LogP contribution in [0.2, 0.25) is 0 Å². The van der Waals surface area contributed by atoms with E-state index < -0.39 is 0 Å². The molecule has 0 N–H and O–H groups in total. The molecule has 1 nitrogen and oxygen atoms in total. The molecule has 112 valence electrons. The maximum atomic E-state index is 6.26. The smallest absolute Gasteiger partial charge is 0.0720 e. The van der Waals surface area contributed by atoms with Crippen LogP contribution >= 0.6 is 23.5 Å². The Balaban J connectivity index is 1.86. The maximum absolute atomic E-state index is 6.26. The van der Waals surface area contributed by atoms with Crippen LogP contribution < -0.4 is 0 Å². The zero-order chi connectivity index (χ0) is 14.2. The highest BCUT2D eigenvalue weighted by Gasteiger charge is 2.24. The highest BCUT2D eigenvalue weighted by Crippen LogP contribution is 2.35. The minimum absolute atomic E-state index is 0.392. The first-order chi connectivity index (χ1) is 9.79. The lowest BCUT2D eigenvalue weighted by Crippen LogP contribution is -2.26. The summed E-state index contributed by atoms with van der Waals surface area (Å²) in [5.74, 6) is 3.29. The average molecular weight is 311 g/mol. The second-order valence-corrected chi connectivity index (χ2v) is 8.40. The van der Waals surface area contributed by atoms with Crippen LogP contribution in [0.15, 0.2) is 30.3 Å². The Hall–Kier alpha value is -0.120. The van der Waals surface area contributed by atoms with Gasteiger partial charge in [-0.3, -0.25) is 0 Å². The minimum atomic E-state index is 0.392. The monoisotopic (exact) mass is 310 g/mol. The Morgan fingerprint density at radius 3 is 2.55 bits per heavy atom. The summed E-state index contributed by atoms with van der Waals surface area (Å²) < 4.78 is 6.99. The Morgan fingerprint density at radius 1 is 1.20 bits per heavy atom. The summed E-state index contributed by atoms with van der Waals surface area (Å²) in [5, 5.41) is 0. The normalized spacial score (nSPS) is 19.7. The summed E-state index contributed by atoms with van der Waals surface area (Å²) >= 11 is 4.25. The van der Waals surface area contributed by atoms with Crippen molar-refractivity contribution in [3.05, 3.63) is 35.9 Å². The Labute approximate surface area is 132 Å². The summed E-state index contributed by atoms with van der Waals surface area (Å²) in [6.07, 6.45) is 4.15. The van der Waals surface area contributed by atoms with E-state index in [1.807, 2.05) is 0 Å². The Bertz CT molecular complexity index is 363.